The first-order chi connectivity index (χ1) is 8.51. The van der Waals surface area contributed by atoms with Crippen molar-refractivity contribution >= 4 is 33.2 Å². The summed E-state index contributed by atoms with van der Waals surface area (Å²) in [6.07, 6.45) is 1.20. The Hall–Kier alpha value is -0.430. The normalized spacial score (nSPS) is 18.6. The Morgan fingerprint density at radius 3 is 2.83 bits per heavy atom. The number of nitrogens with two attached hydrogens (primary N) is 1. The molecule has 100 valence electrons. The van der Waals surface area contributed by atoms with Crippen molar-refractivity contribution in [3.05, 3.63) is 20.8 Å². The molecule has 18 heavy (non-hydrogen) atoms. The van der Waals surface area contributed by atoms with E-state index >= 15 is 0 Å². The van der Waals surface area contributed by atoms with Gasteiger partial charge in [-0.3, -0.25) is 4.79 Å². The van der Waals surface area contributed by atoms with Crippen LogP contribution in [0.5, 0.6) is 0 Å². The molecule has 4 nitrogen and oxygen atoms in total. The third-order valence-corrected chi connectivity index (χ3v) is 4.85. The highest BCUT2D eigenvalue weighted by Gasteiger charge is 2.37. The molecule has 0 spiro atoms. The number of thiophene rings is 1. The minimum absolute atomic E-state index is 0.00956. The van der Waals surface area contributed by atoms with E-state index in [9.17, 15) is 4.79 Å². The first-order valence-corrected chi connectivity index (χ1v) is 7.54. The van der Waals surface area contributed by atoms with Crippen molar-refractivity contribution in [3.63, 3.8) is 0 Å². The summed E-state index contributed by atoms with van der Waals surface area (Å²) in [6, 6.07) is 2.03. The monoisotopic (exact) mass is 332 g/mol. The quantitative estimate of drug-likeness (QED) is 0.920. The summed E-state index contributed by atoms with van der Waals surface area (Å²) >= 11 is 5.05. The van der Waals surface area contributed by atoms with Crippen LogP contribution in [0.4, 0.5) is 0 Å². The number of amides is 1. The molecule has 2 heterocycles. The van der Waals surface area contributed by atoms with Crippen molar-refractivity contribution in [3.8, 4) is 0 Å². The second-order valence-electron chi connectivity index (χ2n) is 4.66. The van der Waals surface area contributed by atoms with Crippen molar-refractivity contribution in [1.82, 2.24) is 4.90 Å². The van der Waals surface area contributed by atoms with Gasteiger partial charge in [0.1, 0.15) is 0 Å². The van der Waals surface area contributed by atoms with Crippen LogP contribution in [0, 0.1) is 0 Å². The third-order valence-electron chi connectivity index (χ3n) is 3.17. The molecule has 6 heteroatoms. The van der Waals surface area contributed by atoms with Crippen LogP contribution in [-0.4, -0.2) is 36.6 Å². The third kappa shape index (κ3) is 3.12. The van der Waals surface area contributed by atoms with Crippen LogP contribution in [0.25, 0.3) is 0 Å². The molecule has 2 N–H and O–H groups in total. The molecule has 0 radical (unpaired) electrons. The molecule has 1 aromatic rings. The van der Waals surface area contributed by atoms with Crippen molar-refractivity contribution in [2.24, 2.45) is 5.73 Å². The summed E-state index contributed by atoms with van der Waals surface area (Å²) in [5.41, 5.74) is 5.44. The highest BCUT2D eigenvalue weighted by atomic mass is 79.9. The fraction of sp³-hybridized carbons (Fsp3) is 0.583. The van der Waals surface area contributed by atoms with E-state index in [1.165, 1.54) is 0 Å². The van der Waals surface area contributed by atoms with Crippen LogP contribution in [0.3, 0.4) is 0 Å². The van der Waals surface area contributed by atoms with E-state index < -0.39 is 5.54 Å². The van der Waals surface area contributed by atoms with Gasteiger partial charge in [0.25, 0.3) is 0 Å². The van der Waals surface area contributed by atoms with Gasteiger partial charge in [0.2, 0.25) is 5.91 Å². The van der Waals surface area contributed by atoms with Crippen molar-refractivity contribution in [2.45, 2.75) is 24.9 Å². The number of hydrogen-bond acceptors (Lipinski definition) is 4. The zero-order valence-corrected chi connectivity index (χ0v) is 12.7. The van der Waals surface area contributed by atoms with Gasteiger partial charge in [0, 0.05) is 35.0 Å². The van der Waals surface area contributed by atoms with E-state index in [1.54, 1.807) is 23.3 Å². The second kappa shape index (κ2) is 5.69. The summed E-state index contributed by atoms with van der Waals surface area (Å²) in [5, 5.41) is 2.01. The fourth-order valence-electron chi connectivity index (χ4n) is 2.07. The number of halogens is 1. The Balaban J connectivity index is 1.99. The Bertz CT molecular complexity index is 429. The molecule has 0 aliphatic carbocycles. The molecule has 0 aromatic carbocycles. The summed E-state index contributed by atoms with van der Waals surface area (Å²) < 4.78 is 6.31. The second-order valence-corrected chi connectivity index (χ2v) is 6.57. The van der Waals surface area contributed by atoms with Crippen LogP contribution in [-0.2, 0) is 16.1 Å². The zero-order valence-electron chi connectivity index (χ0n) is 10.3. The standard InChI is InChI=1S/C12H17BrN2O2S/c1-15(7-10-6-9(13)8-18-10)11(16)12(14)2-4-17-5-3-12/h6,8H,2-5,7,14H2,1H3. The highest BCUT2D eigenvalue weighted by molar-refractivity contribution is 9.10. The predicted octanol–water partition coefficient (Wildman–Crippen LogP) is 1.98. The lowest BCUT2D eigenvalue weighted by Crippen LogP contribution is -2.57. The molecule has 1 saturated heterocycles. The van der Waals surface area contributed by atoms with Crippen LogP contribution in [0.15, 0.2) is 15.9 Å². The smallest absolute Gasteiger partial charge is 0.242 e. The number of likely N-dealkylation sites (N-methyl/N-ethyl adjacent to an activating group) is 1. The molecule has 0 unspecified atom stereocenters. The number of hydrogen-bond donors (Lipinski definition) is 1. The van der Waals surface area contributed by atoms with E-state index in [0.29, 0.717) is 32.6 Å². The van der Waals surface area contributed by atoms with Crippen LogP contribution in [0.1, 0.15) is 17.7 Å². The first kappa shape index (κ1) is 14.0. The molecule has 0 bridgehead atoms. The molecule has 0 saturated carbocycles. The average Bonchev–Trinajstić information content (AvgIpc) is 2.74. The molecular weight excluding hydrogens is 316 g/mol. The molecule has 1 aliphatic rings. The van der Waals surface area contributed by atoms with E-state index in [0.717, 1.165) is 9.35 Å². The maximum atomic E-state index is 12.4. The van der Waals surface area contributed by atoms with Crippen molar-refractivity contribution in [2.75, 3.05) is 20.3 Å². The minimum atomic E-state index is -0.749. The van der Waals surface area contributed by atoms with Gasteiger partial charge in [-0.25, -0.2) is 0 Å². The Morgan fingerprint density at radius 1 is 1.61 bits per heavy atom. The average molecular weight is 333 g/mol. The van der Waals surface area contributed by atoms with Crippen molar-refractivity contribution in [1.29, 1.82) is 0 Å². The number of rotatable bonds is 3. The van der Waals surface area contributed by atoms with Gasteiger partial charge in [0.05, 0.1) is 12.1 Å². The largest absolute Gasteiger partial charge is 0.381 e. The predicted molar refractivity (Wildman–Crippen MR) is 75.5 cm³/mol. The molecule has 1 aromatic heterocycles. The molecule has 0 atom stereocenters. The van der Waals surface area contributed by atoms with Gasteiger partial charge in [-0.2, -0.15) is 0 Å². The maximum absolute atomic E-state index is 12.4. The van der Waals surface area contributed by atoms with E-state index in [1.807, 2.05) is 11.4 Å². The Labute approximate surface area is 119 Å². The summed E-state index contributed by atoms with van der Waals surface area (Å²) in [7, 11) is 1.81. The van der Waals surface area contributed by atoms with Gasteiger partial charge in [-0.05, 0) is 34.8 Å². The zero-order chi connectivity index (χ0) is 13.2. The van der Waals surface area contributed by atoms with Crippen LogP contribution < -0.4 is 5.73 Å². The highest BCUT2D eigenvalue weighted by Crippen LogP contribution is 2.24. The number of carbonyl (C=O) groups is 1. The summed E-state index contributed by atoms with van der Waals surface area (Å²) in [6.45, 7) is 1.75. The first-order valence-electron chi connectivity index (χ1n) is 5.86. The molecule has 1 amide bonds. The lowest BCUT2D eigenvalue weighted by atomic mass is 9.90. The van der Waals surface area contributed by atoms with Crippen LogP contribution in [0.2, 0.25) is 0 Å². The van der Waals surface area contributed by atoms with Gasteiger partial charge in [-0.1, -0.05) is 0 Å². The Morgan fingerprint density at radius 2 is 2.28 bits per heavy atom. The minimum Gasteiger partial charge on any atom is -0.381 e. The topological polar surface area (TPSA) is 55.6 Å². The van der Waals surface area contributed by atoms with Gasteiger partial charge in [0.15, 0.2) is 0 Å². The summed E-state index contributed by atoms with van der Waals surface area (Å²) in [4.78, 5) is 15.2. The molecule has 1 aliphatic heterocycles. The van der Waals surface area contributed by atoms with Crippen molar-refractivity contribution < 1.29 is 9.53 Å². The molecule has 1 fully saturated rings. The number of nitrogens with zero attached hydrogens (tertiary/aromatic N) is 1. The Kier molecular flexibility index (Phi) is 4.42. The van der Waals surface area contributed by atoms with Gasteiger partial charge >= 0.3 is 0 Å². The SMILES string of the molecule is CN(Cc1cc(Br)cs1)C(=O)C1(N)CCOCC1. The van der Waals surface area contributed by atoms with Gasteiger partial charge < -0.3 is 15.4 Å². The number of ether oxygens (including phenoxy) is 1. The summed E-state index contributed by atoms with van der Waals surface area (Å²) in [5.74, 6) is 0.00956. The maximum Gasteiger partial charge on any atom is 0.242 e. The van der Waals surface area contributed by atoms with Crippen LogP contribution >= 0.6 is 27.3 Å². The fourth-order valence-corrected chi connectivity index (χ4v) is 3.58. The molecule has 2 rings (SSSR count). The van der Waals surface area contributed by atoms with E-state index in [-0.39, 0.29) is 5.91 Å². The van der Waals surface area contributed by atoms with Gasteiger partial charge in [-0.15, -0.1) is 11.3 Å². The number of carbonyl (C=O) groups excluding carboxylic acids is 1. The van der Waals surface area contributed by atoms with E-state index in [4.69, 9.17) is 10.5 Å². The lowest BCUT2D eigenvalue weighted by Gasteiger charge is -2.35. The molecular formula is C12H17BrN2O2S. The van der Waals surface area contributed by atoms with E-state index in [2.05, 4.69) is 15.9 Å². The lowest BCUT2D eigenvalue weighted by molar-refractivity contribution is -0.139.